The molecule has 0 aliphatic heterocycles. The van der Waals surface area contributed by atoms with E-state index in [1.54, 1.807) is 4.90 Å². The topological polar surface area (TPSA) is 40.5 Å². The van der Waals surface area contributed by atoms with Gasteiger partial charge in [-0.1, -0.05) is 44.4 Å². The highest BCUT2D eigenvalue weighted by Gasteiger charge is 2.35. The third-order valence-electron chi connectivity index (χ3n) is 4.49. The van der Waals surface area contributed by atoms with Crippen LogP contribution in [0.1, 0.15) is 45.1 Å². The molecular weight excluding hydrogens is 250 g/mol. The molecule has 20 heavy (non-hydrogen) atoms. The fraction of sp³-hybridized carbons (Fsp3) is 0.588. The number of amides is 1. The van der Waals surface area contributed by atoms with E-state index in [1.807, 2.05) is 31.2 Å². The maximum atomic E-state index is 11.8. The highest BCUT2D eigenvalue weighted by molar-refractivity contribution is 5.86. The molecule has 110 valence electrons. The molecular formula is C17H25NO2. The standard InChI is InChI=1S/C17H25NO2/c1-12(2)15-6-4-5-7-16(15)18(17(19)20)14-10-8-13(3)9-11-14/h8-12,15-16H,4-7H2,1-3H3,(H,19,20)/t15-,16+/m1/s1. The predicted molar refractivity (Wildman–Crippen MR) is 82.3 cm³/mol. The van der Waals surface area contributed by atoms with Crippen LogP contribution in [0.15, 0.2) is 24.3 Å². The summed E-state index contributed by atoms with van der Waals surface area (Å²) in [7, 11) is 0. The highest BCUT2D eigenvalue weighted by atomic mass is 16.4. The van der Waals surface area contributed by atoms with Crippen molar-refractivity contribution in [2.24, 2.45) is 11.8 Å². The minimum atomic E-state index is -0.827. The van der Waals surface area contributed by atoms with Gasteiger partial charge in [0, 0.05) is 11.7 Å². The van der Waals surface area contributed by atoms with Gasteiger partial charge in [-0.2, -0.15) is 0 Å². The van der Waals surface area contributed by atoms with Crippen LogP contribution in [-0.4, -0.2) is 17.2 Å². The van der Waals surface area contributed by atoms with Gasteiger partial charge in [-0.05, 0) is 43.7 Å². The van der Waals surface area contributed by atoms with E-state index in [0.717, 1.165) is 30.5 Å². The normalized spacial score (nSPS) is 22.8. The van der Waals surface area contributed by atoms with Crippen LogP contribution in [0.3, 0.4) is 0 Å². The number of nitrogens with zero attached hydrogens (tertiary/aromatic N) is 1. The third kappa shape index (κ3) is 3.14. The average Bonchev–Trinajstić information content (AvgIpc) is 2.41. The van der Waals surface area contributed by atoms with Crippen LogP contribution in [-0.2, 0) is 0 Å². The SMILES string of the molecule is Cc1ccc(N(C(=O)O)[C@H]2CCCC[C@@H]2C(C)C)cc1. The summed E-state index contributed by atoms with van der Waals surface area (Å²) < 4.78 is 0. The van der Waals surface area contributed by atoms with E-state index in [0.29, 0.717) is 11.8 Å². The molecule has 0 bridgehead atoms. The quantitative estimate of drug-likeness (QED) is 0.869. The molecule has 0 unspecified atom stereocenters. The number of benzene rings is 1. The van der Waals surface area contributed by atoms with Gasteiger partial charge in [-0.3, -0.25) is 4.90 Å². The largest absolute Gasteiger partial charge is 0.465 e. The molecule has 0 spiro atoms. The monoisotopic (exact) mass is 275 g/mol. The number of hydrogen-bond acceptors (Lipinski definition) is 1. The van der Waals surface area contributed by atoms with Crippen molar-refractivity contribution >= 4 is 11.8 Å². The third-order valence-corrected chi connectivity index (χ3v) is 4.49. The molecule has 0 aromatic heterocycles. The second kappa shape index (κ2) is 6.29. The van der Waals surface area contributed by atoms with Crippen molar-refractivity contribution in [1.29, 1.82) is 0 Å². The Balaban J connectivity index is 2.31. The van der Waals surface area contributed by atoms with Crippen molar-refractivity contribution in [3.63, 3.8) is 0 Å². The van der Waals surface area contributed by atoms with E-state index < -0.39 is 6.09 Å². The Morgan fingerprint density at radius 2 is 1.80 bits per heavy atom. The number of anilines is 1. The molecule has 1 fully saturated rings. The van der Waals surface area contributed by atoms with Crippen molar-refractivity contribution in [1.82, 2.24) is 0 Å². The summed E-state index contributed by atoms with van der Waals surface area (Å²) in [5.41, 5.74) is 1.96. The zero-order valence-electron chi connectivity index (χ0n) is 12.7. The van der Waals surface area contributed by atoms with Gasteiger partial charge in [-0.15, -0.1) is 0 Å². The van der Waals surface area contributed by atoms with Gasteiger partial charge < -0.3 is 5.11 Å². The molecule has 1 N–H and O–H groups in total. The fourth-order valence-corrected chi connectivity index (χ4v) is 3.39. The van der Waals surface area contributed by atoms with Gasteiger partial charge in [-0.25, -0.2) is 4.79 Å². The van der Waals surface area contributed by atoms with Crippen molar-refractivity contribution in [3.05, 3.63) is 29.8 Å². The van der Waals surface area contributed by atoms with Gasteiger partial charge in [0.25, 0.3) is 0 Å². The lowest BCUT2D eigenvalue weighted by Gasteiger charge is -2.40. The Morgan fingerprint density at radius 1 is 1.20 bits per heavy atom. The van der Waals surface area contributed by atoms with E-state index in [9.17, 15) is 9.90 Å². The lowest BCUT2D eigenvalue weighted by molar-refractivity contribution is 0.180. The lowest BCUT2D eigenvalue weighted by Crippen LogP contribution is -2.47. The van der Waals surface area contributed by atoms with Gasteiger partial charge in [0.2, 0.25) is 0 Å². The molecule has 0 heterocycles. The molecule has 3 heteroatoms. The van der Waals surface area contributed by atoms with Gasteiger partial charge in [0.1, 0.15) is 0 Å². The average molecular weight is 275 g/mol. The van der Waals surface area contributed by atoms with Crippen LogP contribution < -0.4 is 4.90 Å². The maximum Gasteiger partial charge on any atom is 0.412 e. The Hall–Kier alpha value is -1.51. The molecule has 1 aromatic carbocycles. The van der Waals surface area contributed by atoms with Gasteiger partial charge >= 0.3 is 6.09 Å². The Bertz CT molecular complexity index is 453. The number of aryl methyl sites for hydroxylation is 1. The second-order valence-corrected chi connectivity index (χ2v) is 6.25. The van der Waals surface area contributed by atoms with Crippen LogP contribution in [0.5, 0.6) is 0 Å². The van der Waals surface area contributed by atoms with Crippen molar-refractivity contribution in [2.45, 2.75) is 52.5 Å². The van der Waals surface area contributed by atoms with Crippen LogP contribution in [0.25, 0.3) is 0 Å². The molecule has 0 saturated heterocycles. The molecule has 1 aliphatic carbocycles. The van der Waals surface area contributed by atoms with Crippen LogP contribution in [0.2, 0.25) is 0 Å². The van der Waals surface area contributed by atoms with Crippen molar-refractivity contribution < 1.29 is 9.90 Å². The summed E-state index contributed by atoms with van der Waals surface area (Å²) in [6, 6.07) is 7.94. The predicted octanol–water partition coefficient (Wildman–Crippen LogP) is 4.69. The Labute approximate surface area is 121 Å². The Kier molecular flexibility index (Phi) is 4.69. The number of hydrogen-bond donors (Lipinski definition) is 1. The summed E-state index contributed by atoms with van der Waals surface area (Å²) in [6.07, 6.45) is 3.64. The van der Waals surface area contributed by atoms with E-state index in [1.165, 1.54) is 6.42 Å². The smallest absolute Gasteiger partial charge is 0.412 e. The first-order valence-corrected chi connectivity index (χ1v) is 7.59. The number of carboxylic acid groups (broad SMARTS) is 1. The first kappa shape index (κ1) is 14.9. The van der Waals surface area contributed by atoms with E-state index >= 15 is 0 Å². The summed E-state index contributed by atoms with van der Waals surface area (Å²) in [4.78, 5) is 13.4. The number of carbonyl (C=O) groups is 1. The zero-order chi connectivity index (χ0) is 14.7. The van der Waals surface area contributed by atoms with Crippen LogP contribution in [0.4, 0.5) is 10.5 Å². The second-order valence-electron chi connectivity index (χ2n) is 6.25. The molecule has 1 amide bonds. The highest BCUT2D eigenvalue weighted by Crippen LogP contribution is 2.36. The lowest BCUT2D eigenvalue weighted by atomic mass is 9.77. The van der Waals surface area contributed by atoms with E-state index in [-0.39, 0.29) is 6.04 Å². The van der Waals surface area contributed by atoms with E-state index in [4.69, 9.17) is 0 Å². The summed E-state index contributed by atoms with van der Waals surface area (Å²) in [6.45, 7) is 6.43. The van der Waals surface area contributed by atoms with Gasteiger partial charge in [0.05, 0.1) is 0 Å². The summed E-state index contributed by atoms with van der Waals surface area (Å²) >= 11 is 0. The minimum Gasteiger partial charge on any atom is -0.465 e. The molecule has 0 radical (unpaired) electrons. The van der Waals surface area contributed by atoms with Gasteiger partial charge in [0.15, 0.2) is 0 Å². The Morgan fingerprint density at radius 3 is 2.35 bits per heavy atom. The molecule has 1 saturated carbocycles. The fourth-order valence-electron chi connectivity index (χ4n) is 3.39. The molecule has 2 rings (SSSR count). The maximum absolute atomic E-state index is 11.8. The first-order valence-electron chi connectivity index (χ1n) is 7.59. The van der Waals surface area contributed by atoms with Crippen molar-refractivity contribution in [2.75, 3.05) is 4.90 Å². The molecule has 1 aliphatic rings. The summed E-state index contributed by atoms with van der Waals surface area (Å²) in [5, 5.41) is 9.67. The number of rotatable bonds is 3. The molecule has 2 atom stereocenters. The van der Waals surface area contributed by atoms with Crippen LogP contribution in [0, 0.1) is 18.8 Å². The van der Waals surface area contributed by atoms with E-state index in [2.05, 4.69) is 13.8 Å². The summed E-state index contributed by atoms with van der Waals surface area (Å²) in [5.74, 6) is 0.980. The van der Waals surface area contributed by atoms with Crippen molar-refractivity contribution in [3.8, 4) is 0 Å². The molecule has 1 aromatic rings. The first-order chi connectivity index (χ1) is 9.50. The molecule has 3 nitrogen and oxygen atoms in total. The zero-order valence-corrected chi connectivity index (χ0v) is 12.7. The van der Waals surface area contributed by atoms with Crippen LogP contribution >= 0.6 is 0 Å². The minimum absolute atomic E-state index is 0.115.